The summed E-state index contributed by atoms with van der Waals surface area (Å²) in [7, 11) is 0.729. The maximum atomic E-state index is 16.2. The molecule has 7 atom stereocenters. The number of amides is 2. The lowest BCUT2D eigenvalue weighted by molar-refractivity contribution is -0.213. The molecule has 0 saturated heterocycles. The van der Waals surface area contributed by atoms with Crippen molar-refractivity contribution in [3.05, 3.63) is 70.3 Å². The van der Waals surface area contributed by atoms with Crippen molar-refractivity contribution in [2.45, 2.75) is 74.6 Å². The van der Waals surface area contributed by atoms with E-state index in [9.17, 15) is 18.9 Å². The predicted molar refractivity (Wildman–Crippen MR) is 183 cm³/mol. The third kappa shape index (κ3) is 6.04. The number of aliphatic hydroxyl groups is 1. The largest absolute Gasteiger partial charge is 0.490 e. The van der Waals surface area contributed by atoms with Crippen LogP contribution in [0, 0.1) is 17.8 Å². The van der Waals surface area contributed by atoms with E-state index in [1.807, 2.05) is 18.2 Å². The van der Waals surface area contributed by atoms with Gasteiger partial charge in [-0.2, -0.15) is 8.78 Å². The number of alkyl halides is 2. The van der Waals surface area contributed by atoms with Crippen molar-refractivity contribution in [1.29, 1.82) is 0 Å². The number of benzene rings is 2. The van der Waals surface area contributed by atoms with Crippen LogP contribution in [0.3, 0.4) is 0 Å². The number of ether oxygens (including phenoxy) is 1. The Morgan fingerprint density at radius 2 is 1.96 bits per heavy atom. The van der Waals surface area contributed by atoms with Gasteiger partial charge in [0, 0.05) is 49.1 Å². The molecule has 0 aromatic heterocycles. The first-order chi connectivity index (χ1) is 22.7. The lowest BCUT2D eigenvalue weighted by Crippen LogP contribution is -2.64. The minimum absolute atomic E-state index is 0.211. The zero-order valence-corrected chi connectivity index (χ0v) is 29.4. The van der Waals surface area contributed by atoms with E-state index in [2.05, 4.69) is 9.62 Å². The van der Waals surface area contributed by atoms with Gasteiger partial charge in [0.15, 0.2) is 5.60 Å². The first-order valence-corrected chi connectivity index (χ1v) is 18.3. The van der Waals surface area contributed by atoms with Crippen molar-refractivity contribution in [2.24, 2.45) is 17.8 Å². The molecule has 5 unspecified atom stereocenters. The third-order valence-electron chi connectivity index (χ3n) is 11.1. The van der Waals surface area contributed by atoms with Gasteiger partial charge in [-0.15, -0.1) is 0 Å². The molecular weight excluding hydrogens is 660 g/mol. The van der Waals surface area contributed by atoms with Crippen molar-refractivity contribution >= 4 is 40.1 Å². The van der Waals surface area contributed by atoms with Gasteiger partial charge in [-0.1, -0.05) is 36.7 Å². The number of carbonyl (C=O) groups excluding carboxylic acids is 2. The van der Waals surface area contributed by atoms with Gasteiger partial charge in [-0.3, -0.25) is 14.3 Å². The summed E-state index contributed by atoms with van der Waals surface area (Å²) >= 11 is 6.39. The highest BCUT2D eigenvalue weighted by Gasteiger charge is 2.64. The Balaban J connectivity index is 1.47. The van der Waals surface area contributed by atoms with Gasteiger partial charge in [-0.25, -0.2) is 4.21 Å². The van der Waals surface area contributed by atoms with Crippen molar-refractivity contribution in [2.75, 3.05) is 38.7 Å². The molecule has 2 aliphatic carbocycles. The maximum absolute atomic E-state index is 16.2. The lowest BCUT2D eigenvalue weighted by Gasteiger charge is -2.50. The van der Waals surface area contributed by atoms with Crippen LogP contribution in [0.1, 0.15) is 67.4 Å². The van der Waals surface area contributed by atoms with E-state index in [0.717, 1.165) is 41.4 Å². The Morgan fingerprint density at radius 1 is 1.19 bits per heavy atom. The summed E-state index contributed by atoms with van der Waals surface area (Å²) in [5.74, 6) is -7.10. The van der Waals surface area contributed by atoms with Crippen molar-refractivity contribution in [3.63, 3.8) is 0 Å². The molecule has 2 aromatic rings. The Hall–Kier alpha value is -3.02. The average molecular weight is 704 g/mol. The minimum atomic E-state index is -4.09. The molecule has 6 rings (SSSR count). The Labute approximate surface area is 288 Å². The number of fused-ring (bicyclic) bond motifs is 4. The SMILES string of the molecule is CC1C/C=C/[C@](O)(C(F)(F)C(=O)N(C)C)C2CCC2CN2C[C@@]3(CCCc4cc(Cl)ccc43)COc3ccc(cc32)C(=O)NS(=O)C1C. The summed E-state index contributed by atoms with van der Waals surface area (Å²) in [5, 5.41) is 12.1. The minimum Gasteiger partial charge on any atom is -0.490 e. The second kappa shape index (κ2) is 13.0. The number of nitrogens with zero attached hydrogens (tertiary/aromatic N) is 2. The number of nitrogens with one attached hydrogen (secondary N) is 1. The average Bonchev–Trinajstić information content (AvgIpc) is 3.18. The zero-order chi connectivity index (χ0) is 34.6. The Kier molecular flexibility index (Phi) is 9.45. The molecule has 8 nitrogen and oxygen atoms in total. The molecule has 2 aliphatic heterocycles. The molecule has 4 aliphatic rings. The van der Waals surface area contributed by atoms with Crippen LogP contribution < -0.4 is 14.4 Å². The maximum Gasteiger partial charge on any atom is 0.356 e. The van der Waals surface area contributed by atoms with Crippen molar-refractivity contribution in [1.82, 2.24) is 9.62 Å². The van der Waals surface area contributed by atoms with E-state index in [-0.39, 0.29) is 12.3 Å². The molecule has 260 valence electrons. The Bertz CT molecular complexity index is 1660. The molecule has 48 heavy (non-hydrogen) atoms. The van der Waals surface area contributed by atoms with Gasteiger partial charge < -0.3 is 19.6 Å². The highest BCUT2D eigenvalue weighted by Crippen LogP contribution is 2.52. The molecule has 1 spiro atoms. The van der Waals surface area contributed by atoms with Crippen molar-refractivity contribution in [3.8, 4) is 5.75 Å². The zero-order valence-electron chi connectivity index (χ0n) is 27.8. The van der Waals surface area contributed by atoms with E-state index < -0.39 is 56.8 Å². The monoisotopic (exact) mass is 703 g/mol. The number of carbonyl (C=O) groups is 2. The fourth-order valence-corrected chi connectivity index (χ4v) is 9.14. The first-order valence-electron chi connectivity index (χ1n) is 16.7. The molecule has 12 heteroatoms. The molecule has 0 radical (unpaired) electrons. The van der Waals surface area contributed by atoms with E-state index in [4.69, 9.17) is 16.3 Å². The van der Waals surface area contributed by atoms with Crippen LogP contribution in [0.2, 0.25) is 5.02 Å². The first kappa shape index (κ1) is 34.8. The summed E-state index contributed by atoms with van der Waals surface area (Å²) in [5.41, 5.74) is 0.00536. The van der Waals surface area contributed by atoms with Crippen LogP contribution in [0.4, 0.5) is 14.5 Å². The fraction of sp³-hybridized carbons (Fsp3) is 0.556. The second-order valence-corrected chi connectivity index (χ2v) is 16.4. The van der Waals surface area contributed by atoms with Gasteiger partial charge in [-0.05, 0) is 98.7 Å². The summed E-state index contributed by atoms with van der Waals surface area (Å²) in [6, 6.07) is 11.0. The quantitative estimate of drug-likeness (QED) is 0.392. The topological polar surface area (TPSA) is 99.2 Å². The van der Waals surface area contributed by atoms with Gasteiger partial charge >= 0.3 is 5.92 Å². The molecule has 2 N–H and O–H groups in total. The van der Waals surface area contributed by atoms with Crippen LogP contribution in [0.15, 0.2) is 48.6 Å². The van der Waals surface area contributed by atoms with Gasteiger partial charge in [0.2, 0.25) is 0 Å². The summed E-state index contributed by atoms with van der Waals surface area (Å²) in [6.45, 7) is 4.66. The Morgan fingerprint density at radius 3 is 2.67 bits per heavy atom. The summed E-state index contributed by atoms with van der Waals surface area (Å²) in [6.07, 6.45) is 6.28. The van der Waals surface area contributed by atoms with E-state index in [1.54, 1.807) is 32.0 Å². The van der Waals surface area contributed by atoms with Gasteiger partial charge in [0.25, 0.3) is 11.8 Å². The standard InChI is InChI=1S/C36H44ClF2N3O5S/c1-22-7-5-16-35(45,36(38,39)33(44)41(3)4)29-12-9-26(29)19-42-20-34(15-6-8-24-17-27(37)11-13-28(24)34)21-47-31-14-10-25(18-30(31)42)32(43)40-48(46)23(22)2/h5,10-11,13-14,16-18,22-23,26,29,45H,6-9,12,15,19-21H2,1-4H3,(H,40,43)/b16-5+/t22?,23?,26?,29?,34-,35+,48?/m0/s1. The second-order valence-electron chi connectivity index (χ2n) is 14.4. The van der Waals surface area contributed by atoms with E-state index in [0.29, 0.717) is 54.6 Å². The number of anilines is 1. The molecule has 2 amide bonds. The number of hydrogen-bond donors (Lipinski definition) is 2. The highest BCUT2D eigenvalue weighted by atomic mass is 35.5. The number of hydrogen-bond acceptors (Lipinski definition) is 6. The smallest absolute Gasteiger partial charge is 0.356 e. The van der Waals surface area contributed by atoms with Crippen LogP contribution in [-0.4, -0.2) is 76.6 Å². The van der Waals surface area contributed by atoms with Crippen LogP contribution in [-0.2, 0) is 27.6 Å². The third-order valence-corrected chi connectivity index (χ3v) is 12.9. The van der Waals surface area contributed by atoms with E-state index >= 15 is 8.78 Å². The van der Waals surface area contributed by atoms with Crippen LogP contribution >= 0.6 is 11.6 Å². The molecular formula is C36H44ClF2N3O5S. The molecule has 2 heterocycles. The number of allylic oxidation sites excluding steroid dienone is 1. The number of aryl methyl sites for hydroxylation is 1. The normalized spacial score (nSPS) is 32.9. The van der Waals surface area contributed by atoms with Crippen molar-refractivity contribution < 1.29 is 32.4 Å². The molecule has 1 saturated carbocycles. The fourth-order valence-electron chi connectivity index (χ4n) is 7.93. The molecule has 2 aromatic carbocycles. The highest BCUT2D eigenvalue weighted by molar-refractivity contribution is 7.84. The van der Waals surface area contributed by atoms with Gasteiger partial charge in [0.05, 0.1) is 17.5 Å². The molecule has 1 fully saturated rings. The lowest BCUT2D eigenvalue weighted by atomic mass is 9.62. The predicted octanol–water partition coefficient (Wildman–Crippen LogP) is 5.67. The number of rotatable bonds is 2. The summed E-state index contributed by atoms with van der Waals surface area (Å²) in [4.78, 5) is 29.3. The molecule has 2 bridgehead atoms. The number of halogens is 3. The summed E-state index contributed by atoms with van der Waals surface area (Å²) < 4.78 is 54.8. The van der Waals surface area contributed by atoms with Crippen LogP contribution in [0.25, 0.3) is 0 Å². The van der Waals surface area contributed by atoms with Crippen LogP contribution in [0.5, 0.6) is 5.75 Å². The van der Waals surface area contributed by atoms with E-state index in [1.165, 1.54) is 20.2 Å². The van der Waals surface area contributed by atoms with Gasteiger partial charge in [0.1, 0.15) is 16.7 Å².